The van der Waals surface area contributed by atoms with Crippen LogP contribution in [-0.2, 0) is 22.6 Å². The second kappa shape index (κ2) is 13.0. The molecule has 3 aromatic carbocycles. The Labute approximate surface area is 201 Å². The molecule has 0 aliphatic carbocycles. The average molecular weight is 461 g/mol. The first-order valence-corrected chi connectivity index (χ1v) is 11.5. The van der Waals surface area contributed by atoms with Crippen molar-refractivity contribution in [3.05, 3.63) is 96.1 Å². The maximum Gasteiger partial charge on any atom is 0.261 e. The number of amides is 2. The number of carbonyl (C=O) groups is 2. The largest absolute Gasteiger partial charge is 0.497 e. The molecule has 0 saturated heterocycles. The van der Waals surface area contributed by atoms with E-state index >= 15 is 0 Å². The number of nitrogens with zero attached hydrogens (tertiary/aromatic N) is 1. The first-order valence-electron chi connectivity index (χ1n) is 11.5. The van der Waals surface area contributed by atoms with Crippen molar-refractivity contribution in [1.82, 2.24) is 10.2 Å². The molecule has 178 valence electrons. The van der Waals surface area contributed by atoms with Crippen LogP contribution in [0.15, 0.2) is 84.9 Å². The third-order valence-electron chi connectivity index (χ3n) is 5.44. The van der Waals surface area contributed by atoms with Gasteiger partial charge in [-0.3, -0.25) is 9.59 Å². The van der Waals surface area contributed by atoms with Crippen LogP contribution in [0.4, 0.5) is 0 Å². The highest BCUT2D eigenvalue weighted by molar-refractivity contribution is 5.88. The van der Waals surface area contributed by atoms with E-state index in [1.807, 2.05) is 79.7 Å². The fourth-order valence-electron chi connectivity index (χ4n) is 3.59. The van der Waals surface area contributed by atoms with Gasteiger partial charge in [0.15, 0.2) is 6.61 Å². The molecule has 0 heterocycles. The van der Waals surface area contributed by atoms with Crippen LogP contribution in [0.5, 0.6) is 11.5 Å². The number of ether oxygens (including phenoxy) is 2. The number of carbonyl (C=O) groups excluding carboxylic acids is 2. The van der Waals surface area contributed by atoms with Gasteiger partial charge < -0.3 is 19.7 Å². The second-order valence-electron chi connectivity index (χ2n) is 7.97. The van der Waals surface area contributed by atoms with E-state index in [9.17, 15) is 9.59 Å². The van der Waals surface area contributed by atoms with Crippen LogP contribution in [0.25, 0.3) is 0 Å². The molecule has 1 N–H and O–H groups in total. The first-order chi connectivity index (χ1) is 16.6. The Kier molecular flexibility index (Phi) is 9.52. The van der Waals surface area contributed by atoms with Gasteiger partial charge in [0.1, 0.15) is 17.5 Å². The molecule has 1 atom stereocenters. The minimum atomic E-state index is -0.678. The van der Waals surface area contributed by atoms with Crippen molar-refractivity contribution in [2.24, 2.45) is 0 Å². The zero-order valence-corrected chi connectivity index (χ0v) is 19.8. The van der Waals surface area contributed by atoms with Gasteiger partial charge in [0.05, 0.1) is 7.11 Å². The molecular formula is C28H32N2O4. The van der Waals surface area contributed by atoms with E-state index in [1.165, 1.54) is 0 Å². The summed E-state index contributed by atoms with van der Waals surface area (Å²) in [6.45, 7) is 2.67. The van der Waals surface area contributed by atoms with E-state index < -0.39 is 6.04 Å². The summed E-state index contributed by atoms with van der Waals surface area (Å²) in [5, 5.41) is 2.97. The number of benzene rings is 3. The van der Waals surface area contributed by atoms with Crippen LogP contribution in [0.3, 0.4) is 0 Å². The lowest BCUT2D eigenvalue weighted by atomic mass is 10.0. The van der Waals surface area contributed by atoms with Crippen molar-refractivity contribution in [3.63, 3.8) is 0 Å². The maximum absolute atomic E-state index is 13.5. The SMILES string of the molecule is CCCNC(=O)[C@@H](Cc1ccccc1)N(Cc1ccc(OC)cc1)C(=O)COc1ccccc1. The van der Waals surface area contributed by atoms with Gasteiger partial charge in [-0.2, -0.15) is 0 Å². The van der Waals surface area contributed by atoms with Gasteiger partial charge in [-0.15, -0.1) is 0 Å². The lowest BCUT2D eigenvalue weighted by Gasteiger charge is -2.31. The lowest BCUT2D eigenvalue weighted by Crippen LogP contribution is -2.51. The van der Waals surface area contributed by atoms with E-state index in [-0.39, 0.29) is 25.0 Å². The Bertz CT molecular complexity index is 1020. The lowest BCUT2D eigenvalue weighted by molar-refractivity contribution is -0.142. The molecule has 0 aliphatic heterocycles. The minimum absolute atomic E-state index is 0.160. The third-order valence-corrected chi connectivity index (χ3v) is 5.44. The minimum Gasteiger partial charge on any atom is -0.497 e. The number of methoxy groups -OCH3 is 1. The molecule has 3 aromatic rings. The van der Waals surface area contributed by atoms with Crippen molar-refractivity contribution in [2.75, 3.05) is 20.3 Å². The third kappa shape index (κ3) is 7.37. The normalized spacial score (nSPS) is 11.4. The van der Waals surface area contributed by atoms with Crippen LogP contribution in [0, 0.1) is 0 Å². The summed E-state index contributed by atoms with van der Waals surface area (Å²) in [5.41, 5.74) is 1.88. The first kappa shape index (κ1) is 24.8. The van der Waals surface area contributed by atoms with Gasteiger partial charge in [-0.25, -0.2) is 0 Å². The second-order valence-corrected chi connectivity index (χ2v) is 7.97. The van der Waals surface area contributed by atoms with E-state index in [0.717, 1.165) is 23.3 Å². The number of para-hydroxylation sites is 1. The molecule has 0 aliphatic rings. The number of hydrogen-bond donors (Lipinski definition) is 1. The summed E-state index contributed by atoms with van der Waals surface area (Å²) in [4.78, 5) is 28.3. The molecule has 3 rings (SSSR count). The van der Waals surface area contributed by atoms with Crippen LogP contribution in [-0.4, -0.2) is 43.0 Å². The van der Waals surface area contributed by atoms with E-state index in [0.29, 0.717) is 18.7 Å². The van der Waals surface area contributed by atoms with Crippen molar-refractivity contribution >= 4 is 11.8 Å². The molecule has 0 unspecified atom stereocenters. The molecular weight excluding hydrogens is 428 g/mol. The highest BCUT2D eigenvalue weighted by atomic mass is 16.5. The molecule has 0 fully saturated rings. The molecule has 0 saturated carbocycles. The number of rotatable bonds is 12. The quantitative estimate of drug-likeness (QED) is 0.439. The standard InChI is InChI=1S/C28H32N2O4/c1-3-18-29-28(32)26(19-22-10-6-4-7-11-22)30(20-23-14-16-24(33-2)17-15-23)27(31)21-34-25-12-8-5-9-13-25/h4-17,26H,3,18-21H2,1-2H3,(H,29,32)/t26-/m1/s1. The fourth-order valence-corrected chi connectivity index (χ4v) is 3.59. The van der Waals surface area contributed by atoms with Crippen LogP contribution < -0.4 is 14.8 Å². The Hall–Kier alpha value is -3.80. The summed E-state index contributed by atoms with van der Waals surface area (Å²) in [6, 6.07) is 25.8. The van der Waals surface area contributed by atoms with E-state index in [2.05, 4.69) is 5.32 Å². The molecule has 0 radical (unpaired) electrons. The molecule has 6 heteroatoms. The number of hydrogen-bond acceptors (Lipinski definition) is 4. The highest BCUT2D eigenvalue weighted by Crippen LogP contribution is 2.18. The zero-order valence-electron chi connectivity index (χ0n) is 19.8. The van der Waals surface area contributed by atoms with Gasteiger partial charge in [0.2, 0.25) is 5.91 Å². The number of nitrogens with one attached hydrogen (secondary N) is 1. The Morgan fingerprint density at radius 3 is 2.12 bits per heavy atom. The predicted molar refractivity (Wildman–Crippen MR) is 133 cm³/mol. The summed E-state index contributed by atoms with van der Waals surface area (Å²) in [6.07, 6.45) is 1.22. The molecule has 6 nitrogen and oxygen atoms in total. The summed E-state index contributed by atoms with van der Waals surface area (Å²) >= 11 is 0. The highest BCUT2D eigenvalue weighted by Gasteiger charge is 2.30. The molecule has 0 spiro atoms. The van der Waals surface area contributed by atoms with Crippen molar-refractivity contribution in [2.45, 2.75) is 32.4 Å². The van der Waals surface area contributed by atoms with Crippen LogP contribution in [0.1, 0.15) is 24.5 Å². The maximum atomic E-state index is 13.5. The Morgan fingerprint density at radius 1 is 0.853 bits per heavy atom. The van der Waals surface area contributed by atoms with Crippen molar-refractivity contribution in [3.8, 4) is 11.5 Å². The van der Waals surface area contributed by atoms with E-state index in [4.69, 9.17) is 9.47 Å². The van der Waals surface area contributed by atoms with E-state index in [1.54, 1.807) is 24.1 Å². The van der Waals surface area contributed by atoms with Gasteiger partial charge in [0.25, 0.3) is 5.91 Å². The Balaban J connectivity index is 1.88. The fraction of sp³-hybridized carbons (Fsp3) is 0.286. The van der Waals surface area contributed by atoms with Crippen LogP contribution >= 0.6 is 0 Å². The van der Waals surface area contributed by atoms with Crippen molar-refractivity contribution < 1.29 is 19.1 Å². The zero-order chi connectivity index (χ0) is 24.2. The molecule has 0 bridgehead atoms. The summed E-state index contributed by atoms with van der Waals surface area (Å²) < 4.78 is 11.0. The molecule has 2 amide bonds. The average Bonchev–Trinajstić information content (AvgIpc) is 2.89. The molecule has 0 aromatic heterocycles. The van der Waals surface area contributed by atoms with Gasteiger partial charge >= 0.3 is 0 Å². The predicted octanol–water partition coefficient (Wildman–Crippen LogP) is 4.24. The van der Waals surface area contributed by atoms with Gasteiger partial charge in [0, 0.05) is 19.5 Å². The summed E-state index contributed by atoms with van der Waals surface area (Å²) in [5.74, 6) is 0.908. The van der Waals surface area contributed by atoms with Crippen LogP contribution in [0.2, 0.25) is 0 Å². The smallest absolute Gasteiger partial charge is 0.261 e. The molecule has 34 heavy (non-hydrogen) atoms. The monoisotopic (exact) mass is 460 g/mol. The summed E-state index contributed by atoms with van der Waals surface area (Å²) in [7, 11) is 1.61. The van der Waals surface area contributed by atoms with Gasteiger partial charge in [-0.05, 0) is 41.8 Å². The van der Waals surface area contributed by atoms with Crippen molar-refractivity contribution in [1.29, 1.82) is 0 Å². The Morgan fingerprint density at radius 2 is 1.50 bits per heavy atom. The topological polar surface area (TPSA) is 67.9 Å². The van der Waals surface area contributed by atoms with Gasteiger partial charge in [-0.1, -0.05) is 67.6 Å².